The van der Waals surface area contributed by atoms with Crippen molar-refractivity contribution in [2.45, 2.75) is 38.3 Å². The van der Waals surface area contributed by atoms with E-state index in [-0.39, 0.29) is 23.7 Å². The monoisotopic (exact) mass is 396 g/mol. The van der Waals surface area contributed by atoms with Crippen molar-refractivity contribution in [2.75, 3.05) is 13.7 Å². The number of halogens is 1. The van der Waals surface area contributed by atoms with Crippen molar-refractivity contribution in [3.63, 3.8) is 0 Å². The zero-order chi connectivity index (χ0) is 20.2. The number of ether oxygens (including phenoxy) is 1. The predicted octanol–water partition coefficient (Wildman–Crippen LogP) is 4.16. The number of rotatable bonds is 7. The van der Waals surface area contributed by atoms with Crippen LogP contribution in [0.3, 0.4) is 0 Å². The Hall–Kier alpha value is -2.89. The quantitative estimate of drug-likeness (QED) is 0.706. The molecule has 29 heavy (non-hydrogen) atoms. The highest BCUT2D eigenvalue weighted by molar-refractivity contribution is 6.03. The van der Waals surface area contributed by atoms with E-state index in [0.717, 1.165) is 41.9 Å². The van der Waals surface area contributed by atoms with Gasteiger partial charge in [-0.15, -0.1) is 0 Å². The molecule has 1 heterocycles. The minimum Gasteiger partial charge on any atom is -0.496 e. The van der Waals surface area contributed by atoms with Gasteiger partial charge in [0.15, 0.2) is 6.10 Å². The Morgan fingerprint density at radius 2 is 2.07 bits per heavy atom. The summed E-state index contributed by atoms with van der Waals surface area (Å²) in [7, 11) is 1.63. The predicted molar refractivity (Wildman–Crippen MR) is 108 cm³/mol. The molecule has 6 heteroatoms. The number of nitrogens with zero attached hydrogens (tertiary/aromatic N) is 2. The molecule has 0 radical (unpaired) electrons. The van der Waals surface area contributed by atoms with Gasteiger partial charge in [-0.3, -0.25) is 4.79 Å². The molecule has 1 amide bonds. The average molecular weight is 396 g/mol. The Balaban J connectivity index is 1.46. The van der Waals surface area contributed by atoms with Gasteiger partial charge >= 0.3 is 0 Å². The number of methoxy groups -OCH3 is 1. The molecule has 0 N–H and O–H groups in total. The van der Waals surface area contributed by atoms with Crippen LogP contribution in [0.2, 0.25) is 0 Å². The Bertz CT molecular complexity index is 911. The van der Waals surface area contributed by atoms with Crippen molar-refractivity contribution >= 4 is 11.6 Å². The molecule has 5 nitrogen and oxygen atoms in total. The molecule has 2 aliphatic rings. The van der Waals surface area contributed by atoms with Crippen LogP contribution < -0.4 is 4.74 Å². The van der Waals surface area contributed by atoms with E-state index in [1.54, 1.807) is 18.1 Å². The topological polar surface area (TPSA) is 51.1 Å². The fourth-order valence-corrected chi connectivity index (χ4v) is 3.82. The molecule has 1 fully saturated rings. The van der Waals surface area contributed by atoms with E-state index in [0.29, 0.717) is 19.5 Å². The van der Waals surface area contributed by atoms with E-state index in [1.807, 2.05) is 30.3 Å². The molecule has 4 rings (SSSR count). The number of amides is 1. The van der Waals surface area contributed by atoms with Gasteiger partial charge in [0, 0.05) is 24.4 Å². The van der Waals surface area contributed by atoms with E-state index in [2.05, 4.69) is 5.16 Å². The van der Waals surface area contributed by atoms with E-state index in [9.17, 15) is 9.18 Å². The van der Waals surface area contributed by atoms with E-state index >= 15 is 0 Å². The van der Waals surface area contributed by atoms with E-state index < -0.39 is 0 Å². The molecule has 0 unspecified atom stereocenters. The number of hydrogen-bond donors (Lipinski definition) is 0. The van der Waals surface area contributed by atoms with E-state index in [1.165, 1.54) is 12.1 Å². The lowest BCUT2D eigenvalue weighted by atomic mass is 9.84. The van der Waals surface area contributed by atoms with Crippen molar-refractivity contribution in [1.82, 2.24) is 4.90 Å². The summed E-state index contributed by atoms with van der Waals surface area (Å²) in [5, 5.41) is 4.25. The van der Waals surface area contributed by atoms with Gasteiger partial charge in [-0.2, -0.15) is 0 Å². The SMILES string of the molecule is COc1ccccc1C1=NO[C@H](CN(Cc2cccc(F)c2)C(=O)C2CCC2)C1. The van der Waals surface area contributed by atoms with Crippen LogP contribution in [0, 0.1) is 11.7 Å². The van der Waals surface area contributed by atoms with Crippen LogP contribution >= 0.6 is 0 Å². The lowest BCUT2D eigenvalue weighted by molar-refractivity contribution is -0.140. The fourth-order valence-electron chi connectivity index (χ4n) is 3.82. The highest BCUT2D eigenvalue weighted by atomic mass is 19.1. The molecule has 0 spiro atoms. The number of carbonyl (C=O) groups is 1. The Kier molecular flexibility index (Phi) is 5.79. The van der Waals surface area contributed by atoms with Gasteiger partial charge in [-0.25, -0.2) is 4.39 Å². The number of benzene rings is 2. The maximum Gasteiger partial charge on any atom is 0.226 e. The first-order chi connectivity index (χ1) is 14.1. The van der Waals surface area contributed by atoms with Gasteiger partial charge in [-0.1, -0.05) is 35.8 Å². The van der Waals surface area contributed by atoms with Crippen LogP contribution in [0.4, 0.5) is 4.39 Å². The summed E-state index contributed by atoms with van der Waals surface area (Å²) in [6, 6.07) is 14.1. The minimum atomic E-state index is -0.294. The molecule has 1 saturated carbocycles. The molecule has 152 valence electrons. The van der Waals surface area contributed by atoms with E-state index in [4.69, 9.17) is 9.57 Å². The van der Waals surface area contributed by atoms with Crippen LogP contribution in [-0.4, -0.2) is 36.3 Å². The number of oxime groups is 1. The van der Waals surface area contributed by atoms with Crippen LogP contribution in [0.1, 0.15) is 36.8 Å². The molecule has 0 bridgehead atoms. The normalized spacial score (nSPS) is 18.6. The standard InChI is InChI=1S/C23H25FN2O3/c1-28-22-11-3-2-10-20(22)21-13-19(29-25-21)15-26(23(27)17-7-5-8-17)14-16-6-4-9-18(24)12-16/h2-4,6,9-12,17,19H,5,7-8,13-15H2,1H3/t19-/m0/s1. The van der Waals surface area contributed by atoms with Crippen molar-refractivity contribution < 1.29 is 18.8 Å². The third-order valence-electron chi connectivity index (χ3n) is 5.60. The third-order valence-corrected chi connectivity index (χ3v) is 5.60. The largest absolute Gasteiger partial charge is 0.496 e. The van der Waals surface area contributed by atoms with Crippen LogP contribution in [0.15, 0.2) is 53.7 Å². The highest BCUT2D eigenvalue weighted by Gasteiger charge is 2.33. The summed E-state index contributed by atoms with van der Waals surface area (Å²) in [6.45, 7) is 0.797. The average Bonchev–Trinajstić information content (AvgIpc) is 3.14. The molecule has 1 aliphatic carbocycles. The summed E-state index contributed by atoms with van der Waals surface area (Å²) < 4.78 is 19.0. The number of hydrogen-bond acceptors (Lipinski definition) is 4. The second-order valence-corrected chi connectivity index (χ2v) is 7.65. The van der Waals surface area contributed by atoms with Crippen molar-refractivity contribution in [3.8, 4) is 5.75 Å². The highest BCUT2D eigenvalue weighted by Crippen LogP contribution is 2.30. The first-order valence-electron chi connectivity index (χ1n) is 10.0. The first-order valence-corrected chi connectivity index (χ1v) is 10.0. The molecule has 2 aromatic rings. The van der Waals surface area contributed by atoms with Crippen molar-refractivity contribution in [2.24, 2.45) is 11.1 Å². The van der Waals surface area contributed by atoms with Crippen molar-refractivity contribution in [1.29, 1.82) is 0 Å². The molecule has 0 saturated heterocycles. The van der Waals surface area contributed by atoms with Crippen molar-refractivity contribution in [3.05, 3.63) is 65.5 Å². The summed E-state index contributed by atoms with van der Waals surface area (Å²) in [5.41, 5.74) is 2.50. The zero-order valence-corrected chi connectivity index (χ0v) is 16.5. The van der Waals surface area contributed by atoms with Crippen LogP contribution in [0.25, 0.3) is 0 Å². The molecule has 1 aliphatic heterocycles. The Morgan fingerprint density at radius 3 is 2.79 bits per heavy atom. The van der Waals surface area contributed by atoms with Crippen LogP contribution in [-0.2, 0) is 16.2 Å². The molecular weight excluding hydrogens is 371 g/mol. The van der Waals surface area contributed by atoms with Gasteiger partial charge in [0.25, 0.3) is 0 Å². The maximum atomic E-state index is 13.6. The van der Waals surface area contributed by atoms with Gasteiger partial charge < -0.3 is 14.5 Å². The summed E-state index contributed by atoms with van der Waals surface area (Å²) >= 11 is 0. The maximum absolute atomic E-state index is 13.6. The first kappa shape index (κ1) is 19.4. The third kappa shape index (κ3) is 4.42. The lowest BCUT2D eigenvalue weighted by Crippen LogP contribution is -2.42. The van der Waals surface area contributed by atoms with Gasteiger partial charge in [0.1, 0.15) is 11.6 Å². The molecule has 0 aromatic heterocycles. The summed E-state index contributed by atoms with van der Waals surface area (Å²) in [4.78, 5) is 20.4. The van der Waals surface area contributed by atoms with Crippen LogP contribution in [0.5, 0.6) is 5.75 Å². The van der Waals surface area contributed by atoms with Gasteiger partial charge in [0.05, 0.1) is 19.4 Å². The second-order valence-electron chi connectivity index (χ2n) is 7.65. The van der Waals surface area contributed by atoms with Gasteiger partial charge in [0.2, 0.25) is 5.91 Å². The molecular formula is C23H25FN2O3. The van der Waals surface area contributed by atoms with Gasteiger partial charge in [-0.05, 0) is 42.7 Å². The Morgan fingerprint density at radius 1 is 1.24 bits per heavy atom. The lowest BCUT2D eigenvalue weighted by Gasteiger charge is -2.32. The fraction of sp³-hybridized carbons (Fsp3) is 0.391. The zero-order valence-electron chi connectivity index (χ0n) is 16.5. The molecule has 2 aromatic carbocycles. The smallest absolute Gasteiger partial charge is 0.226 e. The second kappa shape index (κ2) is 8.64. The molecule has 1 atom stereocenters. The minimum absolute atomic E-state index is 0.0690. The Labute approximate surface area is 170 Å². The summed E-state index contributed by atoms with van der Waals surface area (Å²) in [5.74, 6) is 0.643. The number of carbonyl (C=O) groups excluding carboxylic acids is 1. The summed E-state index contributed by atoms with van der Waals surface area (Å²) in [6.07, 6.45) is 3.30. The number of para-hydroxylation sites is 1.